The molecule has 1 heterocycles. The number of nitrogens with zero attached hydrogens (tertiary/aromatic N) is 1. The minimum atomic E-state index is 0.647. The monoisotopic (exact) mass is 289 g/mol. The molecule has 0 unspecified atom stereocenters. The van der Waals surface area contributed by atoms with E-state index < -0.39 is 0 Å². The fourth-order valence-corrected chi connectivity index (χ4v) is 2.35. The maximum Gasteiger partial charge on any atom is 0.134 e. The highest BCUT2D eigenvalue weighted by molar-refractivity contribution is 5.82. The van der Waals surface area contributed by atoms with E-state index in [9.17, 15) is 0 Å². The van der Waals surface area contributed by atoms with Gasteiger partial charge in [0.05, 0.1) is 25.0 Å². The molecule has 3 aromatic rings. The van der Waals surface area contributed by atoms with Crippen LogP contribution in [0.5, 0.6) is 5.75 Å². The molecule has 0 N–H and O–H groups in total. The smallest absolute Gasteiger partial charge is 0.134 e. The molecule has 0 bridgehead atoms. The van der Waals surface area contributed by atoms with Crippen molar-refractivity contribution >= 4 is 17.0 Å². The van der Waals surface area contributed by atoms with Gasteiger partial charge in [-0.15, -0.1) is 0 Å². The Morgan fingerprint density at radius 3 is 2.73 bits per heavy atom. The van der Waals surface area contributed by atoms with Gasteiger partial charge in [0.15, 0.2) is 0 Å². The maximum absolute atomic E-state index is 8.99. The summed E-state index contributed by atoms with van der Waals surface area (Å²) in [5.41, 5.74) is 3.66. The summed E-state index contributed by atoms with van der Waals surface area (Å²) >= 11 is 0. The predicted molar refractivity (Wildman–Crippen MR) is 86.7 cm³/mol. The molecule has 2 aromatic carbocycles. The van der Waals surface area contributed by atoms with E-state index >= 15 is 0 Å². The highest BCUT2D eigenvalue weighted by Gasteiger charge is 2.05. The molecule has 0 fully saturated rings. The van der Waals surface area contributed by atoms with E-state index in [1.807, 2.05) is 36.4 Å². The number of nitriles is 1. The molecule has 3 rings (SSSR count). The van der Waals surface area contributed by atoms with E-state index in [4.69, 9.17) is 14.4 Å². The molecule has 0 aliphatic carbocycles. The second-order valence-electron chi connectivity index (χ2n) is 4.96. The largest absolute Gasteiger partial charge is 0.497 e. The summed E-state index contributed by atoms with van der Waals surface area (Å²) in [4.78, 5) is 0. The fraction of sp³-hybridized carbons (Fsp3) is 0.105. The number of ether oxygens (including phenoxy) is 1. The number of benzene rings is 2. The Balaban J connectivity index is 1.78. The number of furan rings is 1. The molecule has 0 spiro atoms. The zero-order valence-corrected chi connectivity index (χ0v) is 12.2. The first kappa shape index (κ1) is 14.0. The summed E-state index contributed by atoms with van der Waals surface area (Å²) < 4.78 is 10.7. The van der Waals surface area contributed by atoms with E-state index in [2.05, 4.69) is 18.2 Å². The SMILES string of the molecule is COc1ccc(C=CCc2coc3ccc(C#N)cc23)cc1. The minimum absolute atomic E-state index is 0.647. The first-order valence-corrected chi connectivity index (χ1v) is 7.01. The van der Waals surface area contributed by atoms with Crippen molar-refractivity contribution in [1.29, 1.82) is 5.26 Å². The molecule has 3 heteroatoms. The highest BCUT2D eigenvalue weighted by Crippen LogP contribution is 2.23. The number of allylic oxidation sites excluding steroid dienone is 1. The third kappa shape index (κ3) is 2.87. The van der Waals surface area contributed by atoms with Gasteiger partial charge in [0.2, 0.25) is 0 Å². The third-order valence-electron chi connectivity index (χ3n) is 3.55. The normalized spacial score (nSPS) is 10.9. The molecule has 0 aliphatic heterocycles. The third-order valence-corrected chi connectivity index (χ3v) is 3.55. The van der Waals surface area contributed by atoms with Gasteiger partial charge in [0.1, 0.15) is 11.3 Å². The first-order chi connectivity index (χ1) is 10.8. The molecule has 0 saturated heterocycles. The van der Waals surface area contributed by atoms with Gasteiger partial charge in [-0.25, -0.2) is 0 Å². The lowest BCUT2D eigenvalue weighted by atomic mass is 10.1. The van der Waals surface area contributed by atoms with E-state index in [1.165, 1.54) is 0 Å². The van der Waals surface area contributed by atoms with Crippen LogP contribution in [0.15, 0.2) is 59.2 Å². The van der Waals surface area contributed by atoms with Crippen molar-refractivity contribution in [2.45, 2.75) is 6.42 Å². The molecule has 3 nitrogen and oxygen atoms in total. The summed E-state index contributed by atoms with van der Waals surface area (Å²) in [6.45, 7) is 0. The van der Waals surface area contributed by atoms with Crippen molar-refractivity contribution in [3.8, 4) is 11.8 Å². The Bertz CT molecular complexity index is 851. The maximum atomic E-state index is 8.99. The lowest BCUT2D eigenvalue weighted by Crippen LogP contribution is -1.82. The Kier molecular flexibility index (Phi) is 3.93. The molecular weight excluding hydrogens is 274 g/mol. The van der Waals surface area contributed by atoms with Crippen molar-refractivity contribution in [3.63, 3.8) is 0 Å². The topological polar surface area (TPSA) is 46.2 Å². The summed E-state index contributed by atoms with van der Waals surface area (Å²) in [5, 5.41) is 9.99. The molecular formula is C19H15NO2. The molecule has 22 heavy (non-hydrogen) atoms. The number of methoxy groups -OCH3 is 1. The number of hydrogen-bond donors (Lipinski definition) is 0. The zero-order valence-electron chi connectivity index (χ0n) is 12.2. The van der Waals surface area contributed by atoms with Crippen molar-refractivity contribution < 1.29 is 9.15 Å². The van der Waals surface area contributed by atoms with Crippen LogP contribution in [0.3, 0.4) is 0 Å². The van der Waals surface area contributed by atoms with Gasteiger partial charge in [0.25, 0.3) is 0 Å². The van der Waals surface area contributed by atoms with E-state index in [0.29, 0.717) is 5.56 Å². The molecule has 0 saturated carbocycles. The average Bonchev–Trinajstić information content (AvgIpc) is 2.98. The van der Waals surface area contributed by atoms with Crippen LogP contribution in [0, 0.1) is 11.3 Å². The van der Waals surface area contributed by atoms with Crippen LogP contribution in [-0.4, -0.2) is 7.11 Å². The Morgan fingerprint density at radius 2 is 2.00 bits per heavy atom. The summed E-state index contributed by atoms with van der Waals surface area (Å²) in [6, 6.07) is 15.5. The minimum Gasteiger partial charge on any atom is -0.497 e. The number of hydrogen-bond acceptors (Lipinski definition) is 3. The molecule has 0 aliphatic rings. The van der Waals surface area contributed by atoms with Crippen molar-refractivity contribution in [3.05, 3.63) is 71.5 Å². The van der Waals surface area contributed by atoms with Crippen LogP contribution in [0.25, 0.3) is 17.0 Å². The van der Waals surface area contributed by atoms with Crippen molar-refractivity contribution in [1.82, 2.24) is 0 Å². The predicted octanol–water partition coefficient (Wildman–Crippen LogP) is 4.57. The van der Waals surface area contributed by atoms with E-state index in [-0.39, 0.29) is 0 Å². The average molecular weight is 289 g/mol. The van der Waals surface area contributed by atoms with E-state index in [1.54, 1.807) is 19.4 Å². The molecule has 0 amide bonds. The van der Waals surface area contributed by atoms with Crippen LogP contribution < -0.4 is 4.74 Å². The molecule has 1 aromatic heterocycles. The second kappa shape index (κ2) is 6.19. The van der Waals surface area contributed by atoms with Crippen LogP contribution in [-0.2, 0) is 6.42 Å². The van der Waals surface area contributed by atoms with Gasteiger partial charge in [-0.3, -0.25) is 0 Å². The van der Waals surface area contributed by atoms with Crippen LogP contribution >= 0.6 is 0 Å². The molecule has 0 atom stereocenters. The molecule has 108 valence electrons. The summed E-state index contributed by atoms with van der Waals surface area (Å²) in [7, 11) is 1.66. The summed E-state index contributed by atoms with van der Waals surface area (Å²) in [5.74, 6) is 0.849. The highest BCUT2D eigenvalue weighted by atomic mass is 16.5. The van der Waals surface area contributed by atoms with Gasteiger partial charge >= 0.3 is 0 Å². The van der Waals surface area contributed by atoms with Gasteiger partial charge in [-0.2, -0.15) is 5.26 Å². The Morgan fingerprint density at radius 1 is 1.18 bits per heavy atom. The fourth-order valence-electron chi connectivity index (χ4n) is 2.35. The summed E-state index contributed by atoms with van der Waals surface area (Å²) in [6.07, 6.45) is 6.66. The van der Waals surface area contributed by atoms with Crippen LogP contribution in [0.1, 0.15) is 16.7 Å². The van der Waals surface area contributed by atoms with Gasteiger partial charge < -0.3 is 9.15 Å². The quantitative estimate of drug-likeness (QED) is 0.706. The second-order valence-corrected chi connectivity index (χ2v) is 4.96. The van der Waals surface area contributed by atoms with Crippen LogP contribution in [0.4, 0.5) is 0 Å². The van der Waals surface area contributed by atoms with Gasteiger partial charge in [0, 0.05) is 10.9 Å². The van der Waals surface area contributed by atoms with Gasteiger partial charge in [-0.1, -0.05) is 24.3 Å². The first-order valence-electron chi connectivity index (χ1n) is 7.01. The van der Waals surface area contributed by atoms with Crippen molar-refractivity contribution in [2.24, 2.45) is 0 Å². The van der Waals surface area contributed by atoms with Crippen molar-refractivity contribution in [2.75, 3.05) is 7.11 Å². The van der Waals surface area contributed by atoms with Crippen LogP contribution in [0.2, 0.25) is 0 Å². The Labute approximate surface area is 129 Å². The lowest BCUT2D eigenvalue weighted by Gasteiger charge is -1.99. The number of rotatable bonds is 4. The van der Waals surface area contributed by atoms with Gasteiger partial charge in [-0.05, 0) is 42.3 Å². The lowest BCUT2D eigenvalue weighted by molar-refractivity contribution is 0.415. The zero-order chi connectivity index (χ0) is 15.4. The Hall–Kier alpha value is -2.99. The molecule has 0 radical (unpaired) electrons. The standard InChI is InChI=1S/C19H15NO2/c1-21-17-8-5-14(6-9-17)3-2-4-16-13-22-19-10-7-15(12-20)11-18(16)19/h2-3,5-11,13H,4H2,1H3. The van der Waals surface area contributed by atoms with E-state index in [0.717, 1.165) is 34.3 Å². The number of fused-ring (bicyclic) bond motifs is 1.